The number of anilines is 2. The van der Waals surface area contributed by atoms with Crippen molar-refractivity contribution in [1.29, 1.82) is 0 Å². The van der Waals surface area contributed by atoms with Crippen molar-refractivity contribution in [2.75, 3.05) is 50.1 Å². The normalized spacial score (nSPS) is 14.7. The van der Waals surface area contributed by atoms with E-state index >= 15 is 0 Å². The van der Waals surface area contributed by atoms with Crippen molar-refractivity contribution >= 4 is 23.1 Å². The van der Waals surface area contributed by atoms with E-state index in [4.69, 9.17) is 4.74 Å². The Labute approximate surface area is 159 Å². The molecule has 27 heavy (non-hydrogen) atoms. The highest BCUT2D eigenvalue weighted by Gasteiger charge is 2.24. The van der Waals surface area contributed by atoms with E-state index in [1.165, 1.54) is 11.8 Å². The van der Waals surface area contributed by atoms with E-state index < -0.39 is 0 Å². The first-order chi connectivity index (χ1) is 13.1. The topological polar surface area (TPSA) is 63.1 Å². The molecule has 1 aliphatic rings. The number of carbonyl (C=O) groups is 2. The van der Waals surface area contributed by atoms with Crippen molar-refractivity contribution in [3.8, 4) is 5.75 Å². The van der Waals surface area contributed by atoms with Crippen molar-refractivity contribution in [3.05, 3.63) is 54.1 Å². The van der Waals surface area contributed by atoms with Gasteiger partial charge in [0, 0.05) is 5.56 Å². The standard InChI is InChI=1S/C21H25N3O3/c1-16(25)17-7-3-4-8-18(17)22-21(26)15-23-11-13-24(14-12-23)19-9-5-6-10-20(19)27-2/h3-10H,11-15H2,1-2H3,(H,22,26)/p+1. The fraction of sp³-hybridized carbons (Fsp3) is 0.333. The van der Waals surface area contributed by atoms with Crippen LogP contribution in [0.15, 0.2) is 48.5 Å². The van der Waals surface area contributed by atoms with Gasteiger partial charge in [0.2, 0.25) is 0 Å². The molecule has 2 aromatic rings. The minimum Gasteiger partial charge on any atom is -0.495 e. The molecule has 0 aromatic heterocycles. The van der Waals surface area contributed by atoms with Crippen LogP contribution in [0.25, 0.3) is 0 Å². The summed E-state index contributed by atoms with van der Waals surface area (Å²) in [6, 6.07) is 15.1. The molecule has 3 rings (SSSR count). The summed E-state index contributed by atoms with van der Waals surface area (Å²) in [7, 11) is 1.68. The average Bonchev–Trinajstić information content (AvgIpc) is 2.68. The number of benzene rings is 2. The van der Waals surface area contributed by atoms with Gasteiger partial charge in [0.1, 0.15) is 5.75 Å². The van der Waals surface area contributed by atoms with Gasteiger partial charge in [0.15, 0.2) is 12.3 Å². The lowest BCUT2D eigenvalue weighted by atomic mass is 10.1. The van der Waals surface area contributed by atoms with Crippen molar-refractivity contribution < 1.29 is 19.2 Å². The monoisotopic (exact) mass is 368 g/mol. The van der Waals surface area contributed by atoms with E-state index in [1.54, 1.807) is 25.3 Å². The second kappa shape index (κ2) is 8.68. The van der Waals surface area contributed by atoms with Crippen molar-refractivity contribution in [1.82, 2.24) is 0 Å². The molecule has 1 fully saturated rings. The maximum Gasteiger partial charge on any atom is 0.279 e. The molecular formula is C21H26N3O3+. The number of nitrogens with zero attached hydrogens (tertiary/aromatic N) is 1. The van der Waals surface area contributed by atoms with E-state index in [0.717, 1.165) is 37.6 Å². The molecule has 1 saturated heterocycles. The van der Waals surface area contributed by atoms with Crippen LogP contribution in [0.3, 0.4) is 0 Å². The lowest BCUT2D eigenvalue weighted by Crippen LogP contribution is -3.15. The first-order valence-corrected chi connectivity index (χ1v) is 9.20. The number of para-hydroxylation sites is 3. The van der Waals surface area contributed by atoms with Crippen LogP contribution in [0, 0.1) is 0 Å². The Hall–Kier alpha value is -2.86. The van der Waals surface area contributed by atoms with E-state index in [2.05, 4.69) is 16.3 Å². The maximum atomic E-state index is 12.4. The van der Waals surface area contributed by atoms with Crippen LogP contribution < -0.4 is 19.9 Å². The molecule has 0 saturated carbocycles. The summed E-state index contributed by atoms with van der Waals surface area (Å²) in [4.78, 5) is 27.7. The van der Waals surface area contributed by atoms with E-state index in [-0.39, 0.29) is 11.7 Å². The van der Waals surface area contributed by atoms with Crippen LogP contribution in [0.1, 0.15) is 17.3 Å². The number of ketones is 1. The first kappa shape index (κ1) is 18.9. The summed E-state index contributed by atoms with van der Waals surface area (Å²) in [6.45, 7) is 5.39. The third-order valence-corrected chi connectivity index (χ3v) is 4.89. The number of ether oxygens (including phenoxy) is 1. The molecule has 0 spiro atoms. The number of methoxy groups -OCH3 is 1. The maximum absolute atomic E-state index is 12.4. The van der Waals surface area contributed by atoms with Gasteiger partial charge in [0.25, 0.3) is 5.91 Å². The zero-order chi connectivity index (χ0) is 19.2. The molecule has 6 heteroatoms. The van der Waals surface area contributed by atoms with Crippen molar-refractivity contribution in [3.63, 3.8) is 0 Å². The molecule has 0 bridgehead atoms. The Balaban J connectivity index is 1.55. The summed E-state index contributed by atoms with van der Waals surface area (Å²) >= 11 is 0. The van der Waals surface area contributed by atoms with Gasteiger partial charge < -0.3 is 19.9 Å². The predicted octanol–water partition coefficient (Wildman–Crippen LogP) is 1.24. The highest BCUT2D eigenvalue weighted by Crippen LogP contribution is 2.27. The molecule has 142 valence electrons. The van der Waals surface area contributed by atoms with Crippen molar-refractivity contribution in [2.24, 2.45) is 0 Å². The van der Waals surface area contributed by atoms with Gasteiger partial charge in [-0.2, -0.15) is 0 Å². The molecule has 1 amide bonds. The zero-order valence-corrected chi connectivity index (χ0v) is 15.8. The van der Waals surface area contributed by atoms with Crippen LogP contribution >= 0.6 is 0 Å². The number of piperazine rings is 1. The Morgan fingerprint density at radius 2 is 1.74 bits per heavy atom. The van der Waals surface area contributed by atoms with E-state index in [0.29, 0.717) is 17.8 Å². The summed E-state index contributed by atoms with van der Waals surface area (Å²) < 4.78 is 5.45. The number of amides is 1. The smallest absolute Gasteiger partial charge is 0.279 e. The van der Waals surface area contributed by atoms with Crippen molar-refractivity contribution in [2.45, 2.75) is 6.92 Å². The second-order valence-corrected chi connectivity index (χ2v) is 6.74. The second-order valence-electron chi connectivity index (χ2n) is 6.74. The fourth-order valence-electron chi connectivity index (χ4n) is 3.45. The molecule has 1 aliphatic heterocycles. The van der Waals surface area contributed by atoms with Gasteiger partial charge in [-0.3, -0.25) is 9.59 Å². The number of hydrogen-bond donors (Lipinski definition) is 2. The molecule has 1 heterocycles. The highest BCUT2D eigenvalue weighted by atomic mass is 16.5. The van der Waals surface area contributed by atoms with Gasteiger partial charge in [0.05, 0.1) is 44.7 Å². The van der Waals surface area contributed by atoms with Gasteiger partial charge >= 0.3 is 0 Å². The molecular weight excluding hydrogens is 342 g/mol. The summed E-state index contributed by atoms with van der Waals surface area (Å²) in [5.41, 5.74) is 2.22. The lowest BCUT2D eigenvalue weighted by Gasteiger charge is -2.34. The number of Topliss-reactive ketones (excluding diaryl/α,β-unsaturated/α-hetero) is 1. The quantitative estimate of drug-likeness (QED) is 0.753. The Morgan fingerprint density at radius 1 is 1.07 bits per heavy atom. The third-order valence-electron chi connectivity index (χ3n) is 4.89. The highest BCUT2D eigenvalue weighted by molar-refractivity contribution is 6.03. The Kier molecular flexibility index (Phi) is 6.08. The SMILES string of the molecule is COc1ccccc1N1CC[NH+](CC(=O)Nc2ccccc2C(C)=O)CC1. The summed E-state index contributed by atoms with van der Waals surface area (Å²) in [5.74, 6) is 0.757. The number of quaternary nitrogens is 1. The summed E-state index contributed by atoms with van der Waals surface area (Å²) in [6.07, 6.45) is 0. The molecule has 0 atom stereocenters. The Morgan fingerprint density at radius 3 is 2.44 bits per heavy atom. The third kappa shape index (κ3) is 4.65. The fourth-order valence-corrected chi connectivity index (χ4v) is 3.45. The first-order valence-electron chi connectivity index (χ1n) is 9.20. The van der Waals surface area contributed by atoms with Crippen LogP contribution in [0.5, 0.6) is 5.75 Å². The van der Waals surface area contributed by atoms with Gasteiger partial charge in [-0.25, -0.2) is 0 Å². The van der Waals surface area contributed by atoms with Crippen LogP contribution in [0.4, 0.5) is 11.4 Å². The molecule has 2 aromatic carbocycles. The zero-order valence-electron chi connectivity index (χ0n) is 15.8. The van der Waals surface area contributed by atoms with Gasteiger partial charge in [-0.05, 0) is 31.2 Å². The number of carbonyl (C=O) groups excluding carboxylic acids is 2. The lowest BCUT2D eigenvalue weighted by molar-refractivity contribution is -0.892. The van der Waals surface area contributed by atoms with Gasteiger partial charge in [-0.15, -0.1) is 0 Å². The predicted molar refractivity (Wildman–Crippen MR) is 106 cm³/mol. The molecule has 0 radical (unpaired) electrons. The van der Waals surface area contributed by atoms with E-state index in [1.807, 2.05) is 24.3 Å². The van der Waals surface area contributed by atoms with E-state index in [9.17, 15) is 9.59 Å². The minimum absolute atomic E-state index is 0.0522. The Bertz CT molecular complexity index is 814. The van der Waals surface area contributed by atoms with Gasteiger partial charge in [-0.1, -0.05) is 24.3 Å². The molecule has 6 nitrogen and oxygen atoms in total. The van der Waals surface area contributed by atoms with Crippen LogP contribution in [-0.2, 0) is 4.79 Å². The van der Waals surface area contributed by atoms with Crippen LogP contribution in [0.2, 0.25) is 0 Å². The largest absolute Gasteiger partial charge is 0.495 e. The summed E-state index contributed by atoms with van der Waals surface area (Å²) in [5, 5.41) is 2.89. The van der Waals surface area contributed by atoms with Crippen LogP contribution in [-0.4, -0.2) is 51.5 Å². The number of nitrogens with one attached hydrogen (secondary N) is 2. The minimum atomic E-state index is -0.0653. The molecule has 0 unspecified atom stereocenters. The molecule has 2 N–H and O–H groups in total. The number of rotatable bonds is 6. The molecule has 0 aliphatic carbocycles. The average molecular weight is 368 g/mol. The number of hydrogen-bond acceptors (Lipinski definition) is 4.